The van der Waals surface area contributed by atoms with Crippen molar-refractivity contribution in [2.24, 2.45) is 0 Å². The number of amides is 1. The SMILES string of the molecule is Cc1ccc(C(=O)NCCCn2ccnc2)c(Br)c1. The number of aryl methyl sites for hydroxylation is 2. The molecule has 2 rings (SSSR count). The molecule has 0 bridgehead atoms. The van der Waals surface area contributed by atoms with Crippen molar-refractivity contribution >= 4 is 21.8 Å². The van der Waals surface area contributed by atoms with E-state index < -0.39 is 0 Å². The van der Waals surface area contributed by atoms with Gasteiger partial charge in [0.2, 0.25) is 0 Å². The number of nitrogens with zero attached hydrogens (tertiary/aromatic N) is 2. The Kier molecular flexibility index (Phi) is 4.74. The lowest BCUT2D eigenvalue weighted by atomic mass is 10.1. The van der Waals surface area contributed by atoms with E-state index in [1.165, 1.54) is 0 Å². The van der Waals surface area contributed by atoms with Crippen LogP contribution in [0.25, 0.3) is 0 Å². The maximum Gasteiger partial charge on any atom is 0.252 e. The first-order chi connectivity index (χ1) is 9.16. The van der Waals surface area contributed by atoms with Crippen LogP contribution in [0.3, 0.4) is 0 Å². The van der Waals surface area contributed by atoms with Crippen LogP contribution in [0.4, 0.5) is 0 Å². The second-order valence-electron chi connectivity index (χ2n) is 4.39. The average molecular weight is 322 g/mol. The summed E-state index contributed by atoms with van der Waals surface area (Å²) in [4.78, 5) is 16.0. The third-order valence-corrected chi connectivity index (χ3v) is 3.46. The van der Waals surface area contributed by atoms with Crippen LogP contribution in [0.15, 0.2) is 41.4 Å². The van der Waals surface area contributed by atoms with Gasteiger partial charge in [0.15, 0.2) is 0 Å². The molecule has 0 fully saturated rings. The zero-order chi connectivity index (χ0) is 13.7. The summed E-state index contributed by atoms with van der Waals surface area (Å²) >= 11 is 3.41. The molecule has 1 aromatic carbocycles. The van der Waals surface area contributed by atoms with Crippen LogP contribution in [-0.4, -0.2) is 22.0 Å². The highest BCUT2D eigenvalue weighted by atomic mass is 79.9. The number of nitrogens with one attached hydrogen (secondary N) is 1. The van der Waals surface area contributed by atoms with E-state index in [2.05, 4.69) is 26.2 Å². The van der Waals surface area contributed by atoms with Gasteiger partial charge in [-0.25, -0.2) is 4.98 Å². The van der Waals surface area contributed by atoms with Crippen molar-refractivity contribution in [1.29, 1.82) is 0 Å². The molecule has 1 amide bonds. The number of hydrogen-bond donors (Lipinski definition) is 1. The Hall–Kier alpha value is -1.62. The molecule has 0 unspecified atom stereocenters. The molecule has 0 saturated heterocycles. The van der Waals surface area contributed by atoms with Gasteiger partial charge in [-0.05, 0) is 47.0 Å². The maximum atomic E-state index is 12.0. The highest BCUT2D eigenvalue weighted by Gasteiger charge is 2.08. The predicted molar refractivity (Wildman–Crippen MR) is 78.1 cm³/mol. The van der Waals surface area contributed by atoms with Gasteiger partial charge in [-0.3, -0.25) is 4.79 Å². The van der Waals surface area contributed by atoms with E-state index >= 15 is 0 Å². The third kappa shape index (κ3) is 3.92. The normalized spacial score (nSPS) is 10.4. The molecular formula is C14H16BrN3O. The van der Waals surface area contributed by atoms with Gasteiger partial charge in [0.25, 0.3) is 5.91 Å². The molecule has 1 N–H and O–H groups in total. The molecule has 1 heterocycles. The average Bonchev–Trinajstić information content (AvgIpc) is 2.87. The number of imidazole rings is 1. The van der Waals surface area contributed by atoms with Crippen molar-refractivity contribution in [3.63, 3.8) is 0 Å². The lowest BCUT2D eigenvalue weighted by molar-refractivity contribution is 0.0952. The summed E-state index contributed by atoms with van der Waals surface area (Å²) < 4.78 is 2.83. The first-order valence-corrected chi connectivity index (χ1v) is 6.96. The molecule has 0 aliphatic rings. The smallest absolute Gasteiger partial charge is 0.252 e. The Morgan fingerprint density at radius 1 is 1.47 bits per heavy atom. The summed E-state index contributed by atoms with van der Waals surface area (Å²) in [7, 11) is 0. The Morgan fingerprint density at radius 3 is 3.00 bits per heavy atom. The molecule has 5 heteroatoms. The van der Waals surface area contributed by atoms with E-state index in [4.69, 9.17) is 0 Å². The summed E-state index contributed by atoms with van der Waals surface area (Å²) in [6.07, 6.45) is 6.32. The van der Waals surface area contributed by atoms with Crippen molar-refractivity contribution in [2.75, 3.05) is 6.54 Å². The van der Waals surface area contributed by atoms with Crippen LogP contribution in [-0.2, 0) is 6.54 Å². The summed E-state index contributed by atoms with van der Waals surface area (Å²) in [5, 5.41) is 2.92. The molecule has 0 radical (unpaired) electrons. The quantitative estimate of drug-likeness (QED) is 0.861. The summed E-state index contributed by atoms with van der Waals surface area (Å²) in [5.74, 6) is -0.0440. The fraction of sp³-hybridized carbons (Fsp3) is 0.286. The predicted octanol–water partition coefficient (Wildman–Crippen LogP) is 2.77. The van der Waals surface area contributed by atoms with Crippen LogP contribution < -0.4 is 5.32 Å². The molecule has 4 nitrogen and oxygen atoms in total. The van der Waals surface area contributed by atoms with Crippen molar-refractivity contribution in [3.05, 3.63) is 52.5 Å². The Balaban J connectivity index is 1.81. The largest absolute Gasteiger partial charge is 0.352 e. The highest BCUT2D eigenvalue weighted by molar-refractivity contribution is 9.10. The molecule has 100 valence electrons. The van der Waals surface area contributed by atoms with Gasteiger partial charge in [0.1, 0.15) is 0 Å². The second-order valence-corrected chi connectivity index (χ2v) is 5.25. The fourth-order valence-electron chi connectivity index (χ4n) is 1.78. The second kappa shape index (κ2) is 6.52. The van der Waals surface area contributed by atoms with Crippen LogP contribution >= 0.6 is 15.9 Å². The maximum absolute atomic E-state index is 12.0. The van der Waals surface area contributed by atoms with Crippen LogP contribution in [0.5, 0.6) is 0 Å². The van der Waals surface area contributed by atoms with Gasteiger partial charge in [0, 0.05) is 30.0 Å². The van der Waals surface area contributed by atoms with Crippen molar-refractivity contribution in [2.45, 2.75) is 19.9 Å². The minimum Gasteiger partial charge on any atom is -0.352 e. The number of hydrogen-bond acceptors (Lipinski definition) is 2. The topological polar surface area (TPSA) is 46.9 Å². The minimum absolute atomic E-state index is 0.0440. The molecule has 0 atom stereocenters. The molecule has 19 heavy (non-hydrogen) atoms. The number of carbonyl (C=O) groups excluding carboxylic acids is 1. The van der Waals surface area contributed by atoms with Crippen molar-refractivity contribution in [3.8, 4) is 0 Å². The van der Waals surface area contributed by atoms with Gasteiger partial charge in [-0.1, -0.05) is 6.07 Å². The van der Waals surface area contributed by atoms with Crippen LogP contribution in [0, 0.1) is 6.92 Å². The van der Waals surface area contributed by atoms with Gasteiger partial charge < -0.3 is 9.88 Å². The standard InChI is InChI=1S/C14H16BrN3O/c1-11-3-4-12(13(15)9-11)14(19)17-5-2-7-18-8-6-16-10-18/h3-4,6,8-10H,2,5,7H2,1H3,(H,17,19). The van der Waals surface area contributed by atoms with E-state index in [0.29, 0.717) is 12.1 Å². The van der Waals surface area contributed by atoms with Crippen molar-refractivity contribution < 1.29 is 4.79 Å². The molecule has 1 aromatic heterocycles. The lowest BCUT2D eigenvalue weighted by Crippen LogP contribution is -2.25. The molecular weight excluding hydrogens is 306 g/mol. The lowest BCUT2D eigenvalue weighted by Gasteiger charge is -2.08. The van der Waals surface area contributed by atoms with E-state index in [-0.39, 0.29) is 5.91 Å². The first-order valence-electron chi connectivity index (χ1n) is 6.17. The molecule has 0 aliphatic carbocycles. The number of rotatable bonds is 5. The van der Waals surface area contributed by atoms with E-state index in [9.17, 15) is 4.79 Å². The van der Waals surface area contributed by atoms with Gasteiger partial charge in [-0.2, -0.15) is 0 Å². The van der Waals surface area contributed by atoms with Gasteiger partial charge in [0.05, 0.1) is 11.9 Å². The molecule has 0 aliphatic heterocycles. The number of benzene rings is 1. The number of aromatic nitrogens is 2. The summed E-state index contributed by atoms with van der Waals surface area (Å²) in [6, 6.07) is 5.72. The van der Waals surface area contributed by atoms with Gasteiger partial charge in [-0.15, -0.1) is 0 Å². The fourth-order valence-corrected chi connectivity index (χ4v) is 2.46. The van der Waals surface area contributed by atoms with Crippen molar-refractivity contribution in [1.82, 2.24) is 14.9 Å². The zero-order valence-electron chi connectivity index (χ0n) is 10.8. The zero-order valence-corrected chi connectivity index (χ0v) is 12.4. The van der Waals surface area contributed by atoms with Gasteiger partial charge >= 0.3 is 0 Å². The van der Waals surface area contributed by atoms with E-state index in [1.807, 2.05) is 35.9 Å². The van der Waals surface area contributed by atoms with Crippen LogP contribution in [0.1, 0.15) is 22.3 Å². The Bertz CT molecular complexity index is 552. The number of halogens is 1. The Morgan fingerprint density at radius 2 is 2.32 bits per heavy atom. The van der Waals surface area contributed by atoms with Crippen LogP contribution in [0.2, 0.25) is 0 Å². The monoisotopic (exact) mass is 321 g/mol. The summed E-state index contributed by atoms with van der Waals surface area (Å²) in [5.41, 5.74) is 1.80. The minimum atomic E-state index is -0.0440. The van der Waals surface area contributed by atoms with E-state index in [0.717, 1.165) is 23.0 Å². The molecule has 2 aromatic rings. The third-order valence-electron chi connectivity index (χ3n) is 2.81. The Labute approximate surface area is 121 Å². The number of carbonyl (C=O) groups is 1. The molecule has 0 saturated carbocycles. The summed E-state index contributed by atoms with van der Waals surface area (Å²) in [6.45, 7) is 3.50. The van der Waals surface area contributed by atoms with E-state index in [1.54, 1.807) is 12.5 Å². The first kappa shape index (κ1) is 13.8. The highest BCUT2D eigenvalue weighted by Crippen LogP contribution is 2.18. The molecule has 0 spiro atoms.